The van der Waals surface area contributed by atoms with Crippen LogP contribution >= 0.6 is 0 Å². The van der Waals surface area contributed by atoms with Crippen LogP contribution in [-0.2, 0) is 0 Å². The van der Waals surface area contributed by atoms with E-state index in [9.17, 15) is 0 Å². The highest BCUT2D eigenvalue weighted by molar-refractivity contribution is 5.66. The lowest BCUT2D eigenvalue weighted by atomic mass is 10.1. The van der Waals surface area contributed by atoms with Gasteiger partial charge in [0.2, 0.25) is 0 Å². The lowest BCUT2D eigenvalue weighted by Gasteiger charge is -2.02. The predicted octanol–water partition coefficient (Wildman–Crippen LogP) is 5.15. The summed E-state index contributed by atoms with van der Waals surface area (Å²) in [5.41, 5.74) is 0.922. The van der Waals surface area contributed by atoms with Gasteiger partial charge in [0.25, 0.3) is 0 Å². The first kappa shape index (κ1) is 14.7. The van der Waals surface area contributed by atoms with Gasteiger partial charge >= 0.3 is 0 Å². The fourth-order valence-corrected chi connectivity index (χ4v) is 1.92. The highest BCUT2D eigenvalue weighted by atomic mass is 16.5. The van der Waals surface area contributed by atoms with E-state index in [-0.39, 0.29) is 0 Å². The number of rotatable bonds is 9. The molecule has 0 heterocycles. The molecular formula is C16H25NO. The minimum atomic E-state index is 0.844. The largest absolute Gasteiger partial charge is 0.494 e. The van der Waals surface area contributed by atoms with Crippen molar-refractivity contribution in [3.63, 3.8) is 0 Å². The van der Waals surface area contributed by atoms with Crippen molar-refractivity contribution in [2.75, 3.05) is 7.11 Å². The summed E-state index contributed by atoms with van der Waals surface area (Å²) in [6.07, 6.45) is 11.0. The van der Waals surface area contributed by atoms with E-state index in [4.69, 9.17) is 4.74 Å². The molecule has 100 valence electrons. The molecule has 0 amide bonds. The second-order valence-corrected chi connectivity index (χ2v) is 4.54. The molecule has 1 aromatic carbocycles. The van der Waals surface area contributed by atoms with Crippen molar-refractivity contribution in [2.45, 2.75) is 51.9 Å². The number of hydrogen-bond donors (Lipinski definition) is 0. The molecule has 0 unspecified atom stereocenters. The van der Waals surface area contributed by atoms with Crippen LogP contribution in [0.1, 0.15) is 51.9 Å². The van der Waals surface area contributed by atoms with Crippen LogP contribution in [0.2, 0.25) is 0 Å². The molecule has 0 aliphatic rings. The standard InChI is InChI=1S/C16H25NO/c1-3-4-5-6-7-8-11-14-17-15-12-9-10-13-16(15)18-2/h9-10,12-14H,3-8,11H2,1-2H3. The van der Waals surface area contributed by atoms with Crippen LogP contribution < -0.4 is 4.74 Å². The first-order valence-electron chi connectivity index (χ1n) is 7.04. The summed E-state index contributed by atoms with van der Waals surface area (Å²) in [4.78, 5) is 4.46. The Morgan fingerprint density at radius 3 is 2.56 bits per heavy atom. The maximum absolute atomic E-state index is 5.25. The van der Waals surface area contributed by atoms with E-state index in [0.29, 0.717) is 0 Å². The molecule has 0 spiro atoms. The Hall–Kier alpha value is -1.31. The summed E-state index contributed by atoms with van der Waals surface area (Å²) in [6, 6.07) is 7.87. The molecule has 0 saturated heterocycles. The Balaban J connectivity index is 2.20. The van der Waals surface area contributed by atoms with Crippen molar-refractivity contribution in [1.29, 1.82) is 0 Å². The van der Waals surface area contributed by atoms with E-state index in [1.54, 1.807) is 7.11 Å². The molecule has 2 heteroatoms. The van der Waals surface area contributed by atoms with Crippen molar-refractivity contribution in [2.24, 2.45) is 4.99 Å². The first-order chi connectivity index (χ1) is 8.88. The Labute approximate surface area is 111 Å². The molecule has 0 aliphatic heterocycles. The van der Waals surface area contributed by atoms with Crippen LogP contribution in [0.15, 0.2) is 29.3 Å². The highest BCUT2D eigenvalue weighted by Crippen LogP contribution is 2.25. The molecule has 0 bridgehead atoms. The number of hydrogen-bond acceptors (Lipinski definition) is 2. The average Bonchev–Trinajstić information content (AvgIpc) is 2.42. The topological polar surface area (TPSA) is 21.6 Å². The number of benzene rings is 1. The molecule has 0 atom stereocenters. The third-order valence-electron chi connectivity index (χ3n) is 3.00. The van der Waals surface area contributed by atoms with E-state index in [0.717, 1.165) is 17.9 Å². The summed E-state index contributed by atoms with van der Waals surface area (Å²) >= 11 is 0. The van der Waals surface area contributed by atoms with Crippen LogP contribution in [0.25, 0.3) is 0 Å². The van der Waals surface area contributed by atoms with Crippen molar-refractivity contribution < 1.29 is 4.74 Å². The van der Waals surface area contributed by atoms with Gasteiger partial charge in [-0.2, -0.15) is 0 Å². The summed E-state index contributed by atoms with van der Waals surface area (Å²) in [5, 5.41) is 0. The third-order valence-corrected chi connectivity index (χ3v) is 3.00. The molecule has 0 radical (unpaired) electrons. The van der Waals surface area contributed by atoms with Crippen LogP contribution in [0.4, 0.5) is 5.69 Å². The maximum Gasteiger partial charge on any atom is 0.144 e. The van der Waals surface area contributed by atoms with Gasteiger partial charge in [-0.3, -0.25) is 4.99 Å². The fourth-order valence-electron chi connectivity index (χ4n) is 1.92. The van der Waals surface area contributed by atoms with Gasteiger partial charge in [0, 0.05) is 6.21 Å². The summed E-state index contributed by atoms with van der Waals surface area (Å²) < 4.78 is 5.25. The lowest BCUT2D eigenvalue weighted by Crippen LogP contribution is -1.83. The second-order valence-electron chi connectivity index (χ2n) is 4.54. The number of nitrogens with zero attached hydrogens (tertiary/aromatic N) is 1. The minimum absolute atomic E-state index is 0.844. The van der Waals surface area contributed by atoms with Gasteiger partial charge in [-0.05, 0) is 25.0 Å². The van der Waals surface area contributed by atoms with Gasteiger partial charge in [0.05, 0.1) is 7.11 Å². The molecule has 1 aromatic rings. The second kappa shape index (κ2) is 9.69. The Morgan fingerprint density at radius 2 is 1.78 bits per heavy atom. The number of methoxy groups -OCH3 is 1. The van der Waals surface area contributed by atoms with Gasteiger partial charge in [0.15, 0.2) is 0 Å². The van der Waals surface area contributed by atoms with Crippen LogP contribution in [0, 0.1) is 0 Å². The van der Waals surface area contributed by atoms with Crippen molar-refractivity contribution in [1.82, 2.24) is 0 Å². The van der Waals surface area contributed by atoms with E-state index < -0.39 is 0 Å². The first-order valence-corrected chi connectivity index (χ1v) is 7.04. The Bertz CT molecular complexity index is 347. The molecule has 0 aliphatic carbocycles. The van der Waals surface area contributed by atoms with Crippen molar-refractivity contribution in [3.8, 4) is 5.75 Å². The van der Waals surface area contributed by atoms with E-state index >= 15 is 0 Å². The van der Waals surface area contributed by atoms with Gasteiger partial charge in [-0.25, -0.2) is 0 Å². The number of aliphatic imine (C=N–C) groups is 1. The smallest absolute Gasteiger partial charge is 0.144 e. The summed E-state index contributed by atoms with van der Waals surface area (Å²) in [7, 11) is 1.68. The zero-order valence-electron chi connectivity index (χ0n) is 11.7. The maximum atomic E-state index is 5.25. The van der Waals surface area contributed by atoms with Crippen molar-refractivity contribution in [3.05, 3.63) is 24.3 Å². The molecule has 0 fully saturated rings. The van der Waals surface area contributed by atoms with Gasteiger partial charge in [0.1, 0.15) is 11.4 Å². The quantitative estimate of drug-likeness (QED) is 0.437. The zero-order chi connectivity index (χ0) is 13.1. The van der Waals surface area contributed by atoms with Crippen LogP contribution in [0.5, 0.6) is 5.75 Å². The molecule has 18 heavy (non-hydrogen) atoms. The monoisotopic (exact) mass is 247 g/mol. The van der Waals surface area contributed by atoms with Crippen LogP contribution in [0.3, 0.4) is 0 Å². The van der Waals surface area contributed by atoms with E-state index in [1.807, 2.05) is 30.5 Å². The van der Waals surface area contributed by atoms with Gasteiger partial charge in [-0.1, -0.05) is 51.2 Å². The average molecular weight is 247 g/mol. The number of unbranched alkanes of at least 4 members (excludes halogenated alkanes) is 6. The molecule has 0 N–H and O–H groups in total. The SMILES string of the molecule is CCCCCCCCC=Nc1ccccc1OC. The number of para-hydroxylation sites is 2. The highest BCUT2D eigenvalue weighted by Gasteiger charge is 1.97. The predicted molar refractivity (Wildman–Crippen MR) is 79.1 cm³/mol. The fraction of sp³-hybridized carbons (Fsp3) is 0.562. The molecule has 1 rings (SSSR count). The number of ether oxygens (including phenoxy) is 1. The van der Waals surface area contributed by atoms with Crippen LogP contribution in [-0.4, -0.2) is 13.3 Å². The third kappa shape index (κ3) is 5.85. The minimum Gasteiger partial charge on any atom is -0.494 e. The van der Waals surface area contributed by atoms with E-state index in [1.165, 1.54) is 38.5 Å². The van der Waals surface area contributed by atoms with Gasteiger partial charge < -0.3 is 4.74 Å². The summed E-state index contributed by atoms with van der Waals surface area (Å²) in [6.45, 7) is 2.25. The summed E-state index contributed by atoms with van der Waals surface area (Å²) in [5.74, 6) is 0.844. The zero-order valence-corrected chi connectivity index (χ0v) is 11.7. The molecule has 0 aromatic heterocycles. The normalized spacial score (nSPS) is 11.0. The Kier molecular flexibility index (Phi) is 7.94. The lowest BCUT2D eigenvalue weighted by molar-refractivity contribution is 0.416. The molecule has 0 saturated carbocycles. The molecular weight excluding hydrogens is 222 g/mol. The van der Waals surface area contributed by atoms with Crippen molar-refractivity contribution >= 4 is 11.9 Å². The molecule has 2 nitrogen and oxygen atoms in total. The Morgan fingerprint density at radius 1 is 1.06 bits per heavy atom. The van der Waals surface area contributed by atoms with E-state index in [2.05, 4.69) is 11.9 Å². The van der Waals surface area contributed by atoms with Gasteiger partial charge in [-0.15, -0.1) is 0 Å².